The number of nitrogens with zero attached hydrogens (tertiary/aromatic N) is 1. The number of aromatic amines is 1. The first-order valence-corrected chi connectivity index (χ1v) is 5.62. The maximum absolute atomic E-state index is 12.8. The summed E-state index contributed by atoms with van der Waals surface area (Å²) in [7, 11) is 0. The van der Waals surface area contributed by atoms with Gasteiger partial charge in [-0.05, 0) is 24.2 Å². The van der Waals surface area contributed by atoms with Gasteiger partial charge >= 0.3 is 0 Å². The molecule has 4 heteroatoms. The summed E-state index contributed by atoms with van der Waals surface area (Å²) in [5, 5.41) is 10.3. The number of H-pyrrole nitrogens is 1. The largest absolute Gasteiger partial charge is 0.505 e. The van der Waals surface area contributed by atoms with Gasteiger partial charge in [-0.2, -0.15) is 0 Å². The molecule has 2 aromatic carbocycles. The molecule has 0 aliphatic carbocycles. The molecule has 3 aromatic rings. The zero-order chi connectivity index (χ0) is 20.7. The molecule has 1 aliphatic rings. The lowest BCUT2D eigenvalue weighted by Gasteiger charge is -1.96. The predicted molar refractivity (Wildman–Crippen MR) is 76.9 cm³/mol. The summed E-state index contributed by atoms with van der Waals surface area (Å²) in [5.74, 6) is -1.46. The highest BCUT2D eigenvalue weighted by atomic mass is 16.3. The lowest BCUT2D eigenvalue weighted by Crippen LogP contribution is -2.11. The van der Waals surface area contributed by atoms with Crippen molar-refractivity contribution in [2.75, 3.05) is 0 Å². The summed E-state index contributed by atoms with van der Waals surface area (Å²) >= 11 is 0. The van der Waals surface area contributed by atoms with E-state index in [9.17, 15) is 9.90 Å². The van der Waals surface area contributed by atoms with E-state index >= 15 is 0 Å². The minimum atomic E-state index is -0.848. The van der Waals surface area contributed by atoms with E-state index < -0.39 is 65.6 Å². The van der Waals surface area contributed by atoms with Crippen LogP contribution in [0.15, 0.2) is 53.3 Å². The number of benzene rings is 2. The number of hydrogen-bond donors (Lipinski definition) is 2. The lowest BCUT2D eigenvalue weighted by atomic mass is 10.1. The van der Waals surface area contributed by atoms with Crippen molar-refractivity contribution in [3.05, 3.63) is 59.6 Å². The molecular formula is C16H10N2O2. The van der Waals surface area contributed by atoms with Gasteiger partial charge < -0.3 is 10.1 Å². The van der Waals surface area contributed by atoms with E-state index in [1.807, 2.05) is 0 Å². The van der Waals surface area contributed by atoms with Crippen molar-refractivity contribution in [3.8, 4) is 5.75 Å². The Bertz CT molecular complexity index is 1280. The number of nitrogens with one attached hydrogen (secondary N) is 1. The molecule has 0 unspecified atom stereocenters. The molecule has 0 fully saturated rings. The van der Waals surface area contributed by atoms with Crippen molar-refractivity contribution in [3.63, 3.8) is 0 Å². The van der Waals surface area contributed by atoms with Gasteiger partial charge in [0, 0.05) is 16.5 Å². The van der Waals surface area contributed by atoms with Gasteiger partial charge in [0.15, 0.2) is 5.75 Å². The van der Waals surface area contributed by atoms with Gasteiger partial charge in [0.05, 0.1) is 16.7 Å². The van der Waals surface area contributed by atoms with Crippen LogP contribution >= 0.6 is 0 Å². The minimum absolute atomic E-state index is 0.121. The van der Waals surface area contributed by atoms with E-state index in [2.05, 4.69) is 9.98 Å². The smallest absolute Gasteiger partial charge is 0.215 e. The predicted octanol–water partition coefficient (Wildman–Crippen LogP) is 3.19. The Morgan fingerprint density at radius 1 is 1.10 bits per heavy atom. The number of rotatable bonds is 1. The van der Waals surface area contributed by atoms with Gasteiger partial charge in [-0.25, -0.2) is 4.99 Å². The normalized spacial score (nSPS) is 19.2. The average Bonchev–Trinajstić information content (AvgIpc) is 3.18. The number of aromatic nitrogens is 1. The van der Waals surface area contributed by atoms with Crippen molar-refractivity contribution in [1.29, 1.82) is 0 Å². The maximum Gasteiger partial charge on any atom is 0.215 e. The van der Waals surface area contributed by atoms with Crippen molar-refractivity contribution >= 4 is 28.1 Å². The summed E-state index contributed by atoms with van der Waals surface area (Å²) in [6.07, 6.45) is 0. The van der Waals surface area contributed by atoms with E-state index in [1.54, 1.807) is 0 Å². The molecular weight excluding hydrogens is 252 g/mol. The summed E-state index contributed by atoms with van der Waals surface area (Å²) in [6, 6.07) is -4.21. The fraction of sp³-hybridized carbons (Fsp3) is 0. The number of carbonyl (C=O) groups excluding carboxylic acids is 1. The standard InChI is InChI=1S/C16H10N2O2/c19-15-9-5-1-3-7-11(9)17-13(15)14-16(20)10-6-2-4-8-12(10)18-14/h1-8,17,19H/i1D,2D,3D,4D,5D,6D,7D,8D. The van der Waals surface area contributed by atoms with Gasteiger partial charge in [0.25, 0.3) is 0 Å². The Morgan fingerprint density at radius 2 is 1.85 bits per heavy atom. The molecule has 1 aromatic heterocycles. The van der Waals surface area contributed by atoms with Gasteiger partial charge in [0.1, 0.15) is 11.4 Å². The highest BCUT2D eigenvalue weighted by Crippen LogP contribution is 2.34. The minimum Gasteiger partial charge on any atom is -0.505 e. The molecule has 4 rings (SSSR count). The Morgan fingerprint density at radius 3 is 2.75 bits per heavy atom. The highest BCUT2D eigenvalue weighted by Gasteiger charge is 2.29. The van der Waals surface area contributed by atoms with Crippen molar-refractivity contribution in [2.24, 2.45) is 4.99 Å². The van der Waals surface area contributed by atoms with Crippen LogP contribution < -0.4 is 0 Å². The molecule has 0 radical (unpaired) electrons. The van der Waals surface area contributed by atoms with Gasteiger partial charge in [-0.1, -0.05) is 24.2 Å². The van der Waals surface area contributed by atoms with E-state index in [0.29, 0.717) is 0 Å². The topological polar surface area (TPSA) is 65.4 Å². The van der Waals surface area contributed by atoms with Crippen LogP contribution in [0.4, 0.5) is 5.69 Å². The van der Waals surface area contributed by atoms with Crippen LogP contribution in [0.3, 0.4) is 0 Å². The maximum atomic E-state index is 12.8. The SMILES string of the molecule is [2H]c1c([2H])c([2H])c2c(c1[2H])N=C(c1[nH]c3c([2H])c([2H])c([2H])c([2H])c3c1O)C2=O. The average molecular weight is 270 g/mol. The van der Waals surface area contributed by atoms with Gasteiger partial charge in [0.2, 0.25) is 5.78 Å². The molecule has 0 spiro atoms. The molecule has 20 heavy (non-hydrogen) atoms. The third-order valence-electron chi connectivity index (χ3n) is 2.98. The second-order valence-corrected chi connectivity index (χ2v) is 4.11. The van der Waals surface area contributed by atoms with Crippen molar-refractivity contribution in [2.45, 2.75) is 0 Å². The van der Waals surface area contributed by atoms with E-state index in [-0.39, 0.29) is 27.8 Å². The number of fused-ring (bicyclic) bond motifs is 2. The number of Topliss-reactive ketones (excluding diaryl/α,β-unsaturated/α-hetero) is 1. The van der Waals surface area contributed by atoms with Crippen molar-refractivity contribution in [1.82, 2.24) is 4.98 Å². The second-order valence-electron chi connectivity index (χ2n) is 4.11. The summed E-state index contributed by atoms with van der Waals surface area (Å²) < 4.78 is 62.6. The van der Waals surface area contributed by atoms with Crippen LogP contribution in [0.2, 0.25) is 0 Å². The number of para-hydroxylation sites is 2. The number of ketones is 1. The monoisotopic (exact) mass is 270 g/mol. The van der Waals surface area contributed by atoms with Crippen molar-refractivity contribution < 1.29 is 20.9 Å². The molecule has 0 atom stereocenters. The first-order valence-electron chi connectivity index (χ1n) is 9.62. The molecule has 2 heterocycles. The first-order chi connectivity index (χ1) is 13.1. The Balaban J connectivity index is 2.03. The van der Waals surface area contributed by atoms with Crippen LogP contribution in [-0.4, -0.2) is 21.6 Å². The van der Waals surface area contributed by atoms with E-state index in [0.717, 1.165) is 0 Å². The summed E-state index contributed by atoms with van der Waals surface area (Å²) in [4.78, 5) is 19.4. The number of carbonyl (C=O) groups is 1. The third-order valence-corrected chi connectivity index (χ3v) is 2.98. The Hall–Kier alpha value is -2.88. The Kier molecular flexibility index (Phi) is 1.07. The molecule has 0 saturated heterocycles. The molecule has 0 amide bonds. The first kappa shape index (κ1) is 5.63. The fourth-order valence-corrected chi connectivity index (χ4v) is 2.07. The van der Waals surface area contributed by atoms with Gasteiger partial charge in [-0.3, -0.25) is 4.79 Å². The van der Waals surface area contributed by atoms with E-state index in [1.165, 1.54) is 0 Å². The molecule has 0 bridgehead atoms. The molecule has 1 aliphatic heterocycles. The lowest BCUT2D eigenvalue weighted by molar-refractivity contribution is 0.107. The van der Waals surface area contributed by atoms with E-state index in [4.69, 9.17) is 11.0 Å². The summed E-state index contributed by atoms with van der Waals surface area (Å²) in [6.45, 7) is 0. The zero-order valence-electron chi connectivity index (χ0n) is 17.8. The Labute approximate surface area is 125 Å². The van der Waals surface area contributed by atoms with Crippen LogP contribution in [0.25, 0.3) is 10.9 Å². The molecule has 2 N–H and O–H groups in total. The van der Waals surface area contributed by atoms with Crippen LogP contribution in [0.1, 0.15) is 27.0 Å². The third kappa shape index (κ3) is 1.36. The molecule has 96 valence electrons. The quantitative estimate of drug-likeness (QED) is 0.713. The van der Waals surface area contributed by atoms with Gasteiger partial charge in [-0.15, -0.1) is 0 Å². The fourth-order valence-electron chi connectivity index (χ4n) is 2.07. The summed E-state index contributed by atoms with van der Waals surface area (Å²) in [5.41, 5.74) is -1.39. The number of aliphatic imine (C=N–C) groups is 1. The number of aromatic hydroxyl groups is 1. The molecule has 4 nitrogen and oxygen atoms in total. The van der Waals surface area contributed by atoms with Crippen LogP contribution in [0, 0.1) is 0 Å². The second kappa shape index (κ2) is 3.81. The zero-order valence-corrected chi connectivity index (χ0v) is 9.80. The number of hydrogen-bond acceptors (Lipinski definition) is 3. The molecule has 0 saturated carbocycles. The highest BCUT2D eigenvalue weighted by molar-refractivity contribution is 6.55. The van der Waals surface area contributed by atoms with Crippen LogP contribution in [0.5, 0.6) is 5.75 Å². The van der Waals surface area contributed by atoms with Crippen LogP contribution in [-0.2, 0) is 0 Å².